The number of carbonyl (C=O) groups is 3. The van der Waals surface area contributed by atoms with Gasteiger partial charge in [0.05, 0.1) is 6.61 Å². The first-order valence-corrected chi connectivity index (χ1v) is 12.1. The summed E-state index contributed by atoms with van der Waals surface area (Å²) in [7, 11) is 0. The van der Waals surface area contributed by atoms with Gasteiger partial charge in [0, 0.05) is 43.0 Å². The number of benzene rings is 2. The lowest BCUT2D eigenvalue weighted by Crippen LogP contribution is -2.35. The van der Waals surface area contributed by atoms with E-state index >= 15 is 0 Å². The van der Waals surface area contributed by atoms with Crippen molar-refractivity contribution >= 4 is 34.9 Å². The number of hydrogen-bond acceptors (Lipinski definition) is 4. The number of aryl methyl sites for hydroxylation is 1. The molecule has 1 fully saturated rings. The lowest BCUT2D eigenvalue weighted by molar-refractivity contribution is -0.117. The maximum atomic E-state index is 12.4. The Bertz CT molecular complexity index is 1010. The Labute approximate surface area is 200 Å². The third kappa shape index (κ3) is 6.73. The van der Waals surface area contributed by atoms with E-state index in [9.17, 15) is 14.4 Å². The van der Waals surface area contributed by atoms with Crippen LogP contribution in [0.5, 0.6) is 5.75 Å². The number of rotatable bonds is 7. The molecule has 2 aromatic rings. The summed E-state index contributed by atoms with van der Waals surface area (Å²) in [6.07, 6.45) is 6.59. The van der Waals surface area contributed by atoms with Gasteiger partial charge in [-0.05, 0) is 73.7 Å². The maximum absolute atomic E-state index is 12.4. The molecule has 0 unspecified atom stereocenters. The average Bonchev–Trinajstić information content (AvgIpc) is 3.13. The molecule has 0 atom stereocenters. The van der Waals surface area contributed by atoms with Gasteiger partial charge in [0.2, 0.25) is 11.8 Å². The van der Waals surface area contributed by atoms with Crippen LogP contribution in [0.4, 0.5) is 21.9 Å². The minimum absolute atomic E-state index is 0.0411. The molecule has 0 bridgehead atoms. The Balaban J connectivity index is 1.16. The molecule has 0 saturated carbocycles. The quantitative estimate of drug-likeness (QED) is 0.514. The third-order valence-electron chi connectivity index (χ3n) is 6.10. The molecule has 8 nitrogen and oxygen atoms in total. The Kier molecular flexibility index (Phi) is 8.01. The zero-order valence-electron chi connectivity index (χ0n) is 19.4. The number of amides is 4. The summed E-state index contributed by atoms with van der Waals surface area (Å²) in [4.78, 5) is 38.0. The molecule has 3 N–H and O–H groups in total. The van der Waals surface area contributed by atoms with Crippen LogP contribution in [0, 0.1) is 0 Å². The number of ether oxygens (including phenoxy) is 1. The standard InChI is InChI=1S/C26H32N4O4/c31-24(6-5-17-34-22-12-13-23-19(18-22)7-14-25(32)29-23)27-20-8-10-21(11-9-20)28-26(33)30-15-3-1-2-4-16-30/h8-13,18H,1-7,14-17H2,(H,27,31)(H,28,33)(H,29,32). The van der Waals surface area contributed by atoms with Crippen LogP contribution < -0.4 is 20.7 Å². The maximum Gasteiger partial charge on any atom is 0.321 e. The number of fused-ring (bicyclic) bond motifs is 1. The van der Waals surface area contributed by atoms with Crippen molar-refractivity contribution in [1.29, 1.82) is 0 Å². The van der Waals surface area contributed by atoms with E-state index < -0.39 is 0 Å². The topological polar surface area (TPSA) is 99.8 Å². The molecule has 0 aromatic heterocycles. The normalized spacial score (nSPS) is 15.5. The predicted molar refractivity (Wildman–Crippen MR) is 132 cm³/mol. The largest absolute Gasteiger partial charge is 0.494 e. The first-order valence-electron chi connectivity index (χ1n) is 12.1. The van der Waals surface area contributed by atoms with Crippen molar-refractivity contribution in [2.24, 2.45) is 0 Å². The SMILES string of the molecule is O=C(CCCOc1ccc2c(c1)CCC(=O)N2)Nc1ccc(NC(=O)N2CCCCCC2)cc1. The summed E-state index contributed by atoms with van der Waals surface area (Å²) in [6, 6.07) is 12.7. The van der Waals surface area contributed by atoms with Crippen molar-refractivity contribution in [2.45, 2.75) is 51.4 Å². The summed E-state index contributed by atoms with van der Waals surface area (Å²) in [5, 5.41) is 8.67. The second-order valence-electron chi connectivity index (χ2n) is 8.78. The van der Waals surface area contributed by atoms with Crippen molar-refractivity contribution in [1.82, 2.24) is 4.90 Å². The van der Waals surface area contributed by atoms with Gasteiger partial charge in [-0.3, -0.25) is 9.59 Å². The Morgan fingerprint density at radius 1 is 0.912 bits per heavy atom. The Hall–Kier alpha value is -3.55. The van der Waals surface area contributed by atoms with Gasteiger partial charge in [-0.1, -0.05) is 12.8 Å². The van der Waals surface area contributed by atoms with Gasteiger partial charge in [-0.2, -0.15) is 0 Å². The van der Waals surface area contributed by atoms with E-state index in [4.69, 9.17) is 4.74 Å². The predicted octanol–water partition coefficient (Wildman–Crippen LogP) is 4.78. The lowest BCUT2D eigenvalue weighted by Gasteiger charge is -2.20. The molecule has 34 heavy (non-hydrogen) atoms. The second kappa shape index (κ2) is 11.5. The molecule has 2 heterocycles. The number of nitrogens with one attached hydrogen (secondary N) is 3. The van der Waals surface area contributed by atoms with Crippen LogP contribution in [0.3, 0.4) is 0 Å². The molecule has 0 aliphatic carbocycles. The van der Waals surface area contributed by atoms with E-state index in [0.717, 1.165) is 42.9 Å². The molecular formula is C26H32N4O4. The Morgan fingerprint density at radius 2 is 1.62 bits per heavy atom. The molecule has 4 amide bonds. The van der Waals surface area contributed by atoms with E-state index in [2.05, 4.69) is 16.0 Å². The number of likely N-dealkylation sites (tertiary alicyclic amines) is 1. The molecule has 0 radical (unpaired) electrons. The van der Waals surface area contributed by atoms with E-state index in [1.165, 1.54) is 12.8 Å². The van der Waals surface area contributed by atoms with E-state index in [0.29, 0.717) is 43.7 Å². The van der Waals surface area contributed by atoms with Crippen LogP contribution in [0.25, 0.3) is 0 Å². The fraction of sp³-hybridized carbons (Fsp3) is 0.423. The van der Waals surface area contributed by atoms with Gasteiger partial charge in [-0.25, -0.2) is 4.79 Å². The van der Waals surface area contributed by atoms with Crippen LogP contribution in [0.15, 0.2) is 42.5 Å². The monoisotopic (exact) mass is 464 g/mol. The summed E-state index contributed by atoms with van der Waals surface area (Å²) in [6.45, 7) is 2.03. The van der Waals surface area contributed by atoms with E-state index in [1.807, 2.05) is 23.1 Å². The molecular weight excluding hydrogens is 432 g/mol. The summed E-state index contributed by atoms with van der Waals surface area (Å²) < 4.78 is 5.77. The second-order valence-corrected chi connectivity index (χ2v) is 8.78. The van der Waals surface area contributed by atoms with Crippen molar-refractivity contribution in [3.8, 4) is 5.75 Å². The van der Waals surface area contributed by atoms with Gasteiger partial charge < -0.3 is 25.6 Å². The molecule has 0 spiro atoms. The van der Waals surface area contributed by atoms with Crippen LogP contribution in [0.2, 0.25) is 0 Å². The highest BCUT2D eigenvalue weighted by Crippen LogP contribution is 2.27. The van der Waals surface area contributed by atoms with Crippen molar-refractivity contribution in [2.75, 3.05) is 35.6 Å². The van der Waals surface area contributed by atoms with Gasteiger partial charge in [0.25, 0.3) is 0 Å². The zero-order chi connectivity index (χ0) is 23.8. The highest BCUT2D eigenvalue weighted by Gasteiger charge is 2.16. The van der Waals surface area contributed by atoms with Crippen molar-refractivity contribution in [3.05, 3.63) is 48.0 Å². The summed E-state index contributed by atoms with van der Waals surface area (Å²) in [5.41, 5.74) is 3.32. The van der Waals surface area contributed by atoms with Crippen LogP contribution in [-0.2, 0) is 16.0 Å². The van der Waals surface area contributed by atoms with Gasteiger partial charge >= 0.3 is 6.03 Å². The van der Waals surface area contributed by atoms with Gasteiger partial charge in [-0.15, -0.1) is 0 Å². The van der Waals surface area contributed by atoms with Crippen molar-refractivity contribution < 1.29 is 19.1 Å². The minimum Gasteiger partial charge on any atom is -0.494 e. The van der Waals surface area contributed by atoms with Crippen molar-refractivity contribution in [3.63, 3.8) is 0 Å². The third-order valence-corrected chi connectivity index (χ3v) is 6.10. The van der Waals surface area contributed by atoms with Crippen LogP contribution >= 0.6 is 0 Å². The molecule has 2 aliphatic heterocycles. The fourth-order valence-electron chi connectivity index (χ4n) is 4.21. The van der Waals surface area contributed by atoms with Gasteiger partial charge in [0.15, 0.2) is 0 Å². The minimum atomic E-state index is -0.0851. The first kappa shape index (κ1) is 23.6. The van der Waals surface area contributed by atoms with Gasteiger partial charge in [0.1, 0.15) is 5.75 Å². The zero-order valence-corrected chi connectivity index (χ0v) is 19.4. The number of nitrogens with zero attached hydrogens (tertiary/aromatic N) is 1. The number of carbonyl (C=O) groups excluding carboxylic acids is 3. The lowest BCUT2D eigenvalue weighted by atomic mass is 10.0. The molecule has 4 rings (SSSR count). The number of urea groups is 1. The van der Waals surface area contributed by atoms with Crippen LogP contribution in [-0.4, -0.2) is 42.4 Å². The number of hydrogen-bond donors (Lipinski definition) is 3. The summed E-state index contributed by atoms with van der Waals surface area (Å²) in [5.74, 6) is 0.700. The van der Waals surface area contributed by atoms with E-state index in [-0.39, 0.29) is 17.8 Å². The highest BCUT2D eigenvalue weighted by atomic mass is 16.5. The molecule has 2 aromatic carbocycles. The number of anilines is 3. The first-order chi connectivity index (χ1) is 16.6. The molecule has 180 valence electrons. The average molecular weight is 465 g/mol. The van der Waals surface area contributed by atoms with Crippen LogP contribution in [0.1, 0.15) is 50.5 Å². The fourth-order valence-corrected chi connectivity index (χ4v) is 4.21. The summed E-state index contributed by atoms with van der Waals surface area (Å²) >= 11 is 0. The molecule has 1 saturated heterocycles. The molecule has 8 heteroatoms. The highest BCUT2D eigenvalue weighted by molar-refractivity contribution is 5.94. The molecule has 2 aliphatic rings. The smallest absolute Gasteiger partial charge is 0.321 e. The van der Waals surface area contributed by atoms with E-state index in [1.54, 1.807) is 24.3 Å². The Morgan fingerprint density at radius 3 is 2.35 bits per heavy atom.